The molecule has 11 heteroatoms. The third-order valence-electron chi connectivity index (χ3n) is 6.20. The number of hydrogen-bond donors (Lipinski definition) is 1. The van der Waals surface area contributed by atoms with Crippen LogP contribution in [0.4, 0.5) is 22.0 Å². The lowest BCUT2D eigenvalue weighted by Crippen LogP contribution is -2.43. The Morgan fingerprint density at radius 2 is 1.89 bits per heavy atom. The van der Waals surface area contributed by atoms with Crippen molar-refractivity contribution in [3.05, 3.63) is 77.0 Å². The number of rotatable bonds is 5. The second-order valence-electron chi connectivity index (χ2n) is 8.95. The summed E-state index contributed by atoms with van der Waals surface area (Å²) in [5, 5.41) is 12.0. The van der Waals surface area contributed by atoms with Gasteiger partial charge in [-0.05, 0) is 54.0 Å². The van der Waals surface area contributed by atoms with Gasteiger partial charge in [0.05, 0.1) is 35.8 Å². The van der Waals surface area contributed by atoms with Crippen molar-refractivity contribution in [3.63, 3.8) is 0 Å². The monoisotopic (exact) mass is 528 g/mol. The quantitative estimate of drug-likeness (QED) is 0.360. The number of fused-ring (bicyclic) bond motifs is 1. The summed E-state index contributed by atoms with van der Waals surface area (Å²) in [6.45, 7) is 0.293. The number of allylic oxidation sites excluding steroid dienone is 1. The second kappa shape index (κ2) is 10.2. The first-order valence-corrected chi connectivity index (χ1v) is 11.5. The Bertz CT molecular complexity index is 1460. The first-order valence-electron chi connectivity index (χ1n) is 11.5. The van der Waals surface area contributed by atoms with Crippen LogP contribution in [0, 0.1) is 11.3 Å². The predicted octanol–water partition coefficient (Wildman–Crippen LogP) is 5.30. The van der Waals surface area contributed by atoms with Gasteiger partial charge in [-0.1, -0.05) is 24.3 Å². The number of nitrogens with one attached hydrogen (secondary N) is 1. The van der Waals surface area contributed by atoms with Crippen LogP contribution < -0.4 is 5.32 Å². The number of likely N-dealkylation sites (tertiary alicyclic amines) is 1. The summed E-state index contributed by atoms with van der Waals surface area (Å²) in [7, 11) is 0. The number of carbonyl (C=O) groups is 2. The van der Waals surface area contributed by atoms with Gasteiger partial charge in [-0.2, -0.15) is 18.4 Å². The summed E-state index contributed by atoms with van der Waals surface area (Å²) in [4.78, 5) is 30.3. The Morgan fingerprint density at radius 3 is 2.55 bits per heavy atom. The molecule has 0 saturated carbocycles. The molecule has 0 spiro atoms. The van der Waals surface area contributed by atoms with Gasteiger partial charge in [0.2, 0.25) is 5.91 Å². The molecule has 1 aliphatic rings. The van der Waals surface area contributed by atoms with Crippen molar-refractivity contribution in [2.24, 2.45) is 0 Å². The van der Waals surface area contributed by atoms with Gasteiger partial charge in [0.25, 0.3) is 11.8 Å². The first-order chi connectivity index (χ1) is 17.9. The molecule has 1 N–H and O–H groups in total. The highest BCUT2D eigenvalue weighted by atomic mass is 19.4. The molecular formula is C27H21F5N4O2. The maximum atomic E-state index is 13.6. The molecule has 0 radical (unpaired) electrons. The molecule has 0 bridgehead atoms. The van der Waals surface area contributed by atoms with Crippen molar-refractivity contribution in [2.75, 3.05) is 13.1 Å². The van der Waals surface area contributed by atoms with Gasteiger partial charge in [-0.15, -0.1) is 0 Å². The minimum absolute atomic E-state index is 0.189. The number of aromatic nitrogens is 1. The maximum absolute atomic E-state index is 13.6. The fourth-order valence-electron chi connectivity index (χ4n) is 4.25. The van der Waals surface area contributed by atoms with E-state index in [1.807, 2.05) is 0 Å². The van der Waals surface area contributed by atoms with Crippen LogP contribution >= 0.6 is 0 Å². The topological polar surface area (TPSA) is 86.1 Å². The third kappa shape index (κ3) is 5.80. The number of hydrogen-bond acceptors (Lipinski definition) is 4. The van der Waals surface area contributed by atoms with Crippen LogP contribution in [0.25, 0.3) is 22.6 Å². The van der Waals surface area contributed by atoms with Crippen LogP contribution in [0.1, 0.15) is 40.4 Å². The highest BCUT2D eigenvalue weighted by Gasteiger charge is 2.47. The van der Waals surface area contributed by atoms with Gasteiger partial charge in [0, 0.05) is 18.0 Å². The van der Waals surface area contributed by atoms with Crippen LogP contribution in [0.2, 0.25) is 0 Å². The van der Waals surface area contributed by atoms with Crippen LogP contribution in [0.15, 0.2) is 54.7 Å². The number of nitriles is 1. The number of alkyl halides is 5. The summed E-state index contributed by atoms with van der Waals surface area (Å²) in [5.74, 6) is -4.59. The standard InChI is InChI=1S/C27H21F5N4O2/c1-16(18-3-5-19(6-4-18)27(30,31)32)10-17-2-7-23-22(11-17)21(8-9-34-23)25(38)35-14-24(37)36-15-26(28,29)12-20(36)13-33/h2-11,20H,12,14-15H2,1H3,(H,35,38). The molecule has 1 aromatic heterocycles. The van der Waals surface area contributed by atoms with E-state index < -0.39 is 55.0 Å². The van der Waals surface area contributed by atoms with Gasteiger partial charge >= 0.3 is 6.18 Å². The largest absolute Gasteiger partial charge is 0.416 e. The molecule has 4 rings (SSSR count). The van der Waals surface area contributed by atoms with Gasteiger partial charge in [-0.3, -0.25) is 14.6 Å². The Morgan fingerprint density at radius 1 is 1.18 bits per heavy atom. The van der Waals surface area contributed by atoms with Crippen molar-refractivity contribution >= 4 is 34.4 Å². The lowest BCUT2D eigenvalue weighted by Gasteiger charge is -2.19. The summed E-state index contributed by atoms with van der Waals surface area (Å²) in [6.07, 6.45) is -2.02. The van der Waals surface area contributed by atoms with E-state index in [4.69, 9.17) is 5.26 Å². The third-order valence-corrected chi connectivity index (χ3v) is 6.20. The van der Waals surface area contributed by atoms with Crippen molar-refractivity contribution < 1.29 is 31.5 Å². The fourth-order valence-corrected chi connectivity index (χ4v) is 4.25. The molecule has 2 amide bonds. The summed E-state index contributed by atoms with van der Waals surface area (Å²) < 4.78 is 65.8. The van der Waals surface area contributed by atoms with Crippen LogP contribution in [-0.2, 0) is 11.0 Å². The van der Waals surface area contributed by atoms with Gasteiger partial charge in [-0.25, -0.2) is 8.78 Å². The van der Waals surface area contributed by atoms with Gasteiger partial charge in [0.15, 0.2) is 0 Å². The second-order valence-corrected chi connectivity index (χ2v) is 8.95. The fraction of sp³-hybridized carbons (Fsp3) is 0.259. The molecule has 6 nitrogen and oxygen atoms in total. The minimum Gasteiger partial charge on any atom is -0.343 e. The van der Waals surface area contributed by atoms with Crippen molar-refractivity contribution in [1.82, 2.24) is 15.2 Å². The lowest BCUT2D eigenvalue weighted by atomic mass is 10.0. The number of carbonyl (C=O) groups excluding carboxylic acids is 2. The molecular weight excluding hydrogens is 507 g/mol. The van der Waals surface area contributed by atoms with Crippen LogP contribution in [-0.4, -0.2) is 46.8 Å². The molecule has 1 atom stereocenters. The zero-order valence-corrected chi connectivity index (χ0v) is 20.0. The number of pyridine rings is 1. The Hall–Kier alpha value is -4.33. The average molecular weight is 528 g/mol. The van der Waals surface area contributed by atoms with E-state index in [0.29, 0.717) is 27.6 Å². The molecule has 2 aromatic carbocycles. The molecule has 1 unspecified atom stereocenters. The molecule has 0 aliphatic carbocycles. The molecule has 1 fully saturated rings. The first kappa shape index (κ1) is 26.7. The maximum Gasteiger partial charge on any atom is 0.416 e. The normalized spacial score (nSPS) is 17.3. The summed E-state index contributed by atoms with van der Waals surface area (Å²) in [6, 6.07) is 11.7. The lowest BCUT2D eigenvalue weighted by molar-refractivity contribution is -0.137. The number of halogens is 5. The van der Waals surface area contributed by atoms with E-state index in [9.17, 15) is 31.5 Å². The smallest absolute Gasteiger partial charge is 0.343 e. The summed E-state index contributed by atoms with van der Waals surface area (Å²) in [5.41, 5.74) is 1.86. The molecule has 38 heavy (non-hydrogen) atoms. The van der Waals surface area contributed by atoms with E-state index >= 15 is 0 Å². The molecule has 2 heterocycles. The molecule has 196 valence electrons. The molecule has 1 saturated heterocycles. The summed E-state index contributed by atoms with van der Waals surface area (Å²) >= 11 is 0. The van der Waals surface area contributed by atoms with Gasteiger partial charge < -0.3 is 10.2 Å². The molecule has 1 aliphatic heterocycles. The number of amides is 2. The predicted molar refractivity (Wildman–Crippen MR) is 130 cm³/mol. The number of benzene rings is 2. The zero-order valence-electron chi connectivity index (χ0n) is 20.0. The van der Waals surface area contributed by atoms with Gasteiger partial charge in [0.1, 0.15) is 6.04 Å². The zero-order chi connectivity index (χ0) is 27.7. The number of nitrogens with zero attached hydrogens (tertiary/aromatic N) is 3. The van der Waals surface area contributed by atoms with Crippen LogP contribution in [0.5, 0.6) is 0 Å². The Balaban J connectivity index is 1.53. The van der Waals surface area contributed by atoms with E-state index in [1.54, 1.807) is 37.3 Å². The van der Waals surface area contributed by atoms with E-state index in [0.717, 1.165) is 17.0 Å². The van der Waals surface area contributed by atoms with Crippen molar-refractivity contribution in [2.45, 2.75) is 31.5 Å². The van der Waals surface area contributed by atoms with Crippen LogP contribution in [0.3, 0.4) is 0 Å². The SMILES string of the molecule is CC(=Cc1ccc2nccc(C(=O)NCC(=O)N3CC(F)(F)CC3C#N)c2c1)c1ccc(C(F)(F)F)cc1. The minimum atomic E-state index is -4.43. The highest BCUT2D eigenvalue weighted by Crippen LogP contribution is 2.32. The van der Waals surface area contributed by atoms with E-state index in [2.05, 4.69) is 10.3 Å². The Labute approximate surface area is 214 Å². The average Bonchev–Trinajstić information content (AvgIpc) is 3.20. The van der Waals surface area contributed by atoms with Crippen molar-refractivity contribution in [3.8, 4) is 6.07 Å². The van der Waals surface area contributed by atoms with E-state index in [1.165, 1.54) is 24.4 Å². The van der Waals surface area contributed by atoms with E-state index in [-0.39, 0.29) is 5.56 Å². The van der Waals surface area contributed by atoms with Crippen molar-refractivity contribution in [1.29, 1.82) is 5.26 Å². The Kier molecular flexibility index (Phi) is 7.18. The highest BCUT2D eigenvalue weighted by molar-refractivity contribution is 6.07. The molecule has 3 aromatic rings.